The number of allylic oxidation sites excluding steroid dienone is 2. The molecule has 2 nitrogen and oxygen atoms in total. The first kappa shape index (κ1) is 13.7. The molecule has 0 spiro atoms. The Kier molecular flexibility index (Phi) is 2.81. The van der Waals surface area contributed by atoms with Crippen LogP contribution in [0.3, 0.4) is 0 Å². The summed E-state index contributed by atoms with van der Waals surface area (Å²) >= 11 is 0. The Morgan fingerprint density at radius 3 is 2.62 bits per heavy atom. The van der Waals surface area contributed by atoms with E-state index in [2.05, 4.69) is 19.9 Å². The smallest absolute Gasteiger partial charge is 0.155 e. The molecule has 21 heavy (non-hydrogen) atoms. The number of Topliss-reactive ketones (excluding diaryl/α,β-unsaturated/α-hetero) is 1. The van der Waals surface area contributed by atoms with E-state index in [-0.39, 0.29) is 10.8 Å². The highest BCUT2D eigenvalue weighted by Gasteiger charge is 2.58. The third-order valence-corrected chi connectivity index (χ3v) is 7.58. The van der Waals surface area contributed by atoms with Crippen LogP contribution in [-0.2, 0) is 9.59 Å². The SMILES string of the molecule is C[C@]12CC[C@@H]3[C@H](CC[C@]4(C)C(=O)CC[C@@H]34)[C@H]1C=CC(=O)C2. The van der Waals surface area contributed by atoms with Gasteiger partial charge >= 0.3 is 0 Å². The predicted molar refractivity (Wildman–Crippen MR) is 81.6 cm³/mol. The van der Waals surface area contributed by atoms with Crippen molar-refractivity contribution in [3.8, 4) is 0 Å². The van der Waals surface area contributed by atoms with Crippen molar-refractivity contribution >= 4 is 11.6 Å². The fraction of sp³-hybridized carbons (Fsp3) is 0.789. The van der Waals surface area contributed by atoms with Gasteiger partial charge in [-0.1, -0.05) is 19.9 Å². The van der Waals surface area contributed by atoms with E-state index >= 15 is 0 Å². The summed E-state index contributed by atoms with van der Waals surface area (Å²) in [5.41, 5.74) is 0.159. The summed E-state index contributed by atoms with van der Waals surface area (Å²) in [6.07, 6.45) is 11.4. The Labute approximate surface area is 127 Å². The monoisotopic (exact) mass is 286 g/mol. The summed E-state index contributed by atoms with van der Waals surface area (Å²) in [6.45, 7) is 4.56. The summed E-state index contributed by atoms with van der Waals surface area (Å²) < 4.78 is 0. The molecule has 0 aromatic rings. The lowest BCUT2D eigenvalue weighted by molar-refractivity contribution is -0.134. The highest BCUT2D eigenvalue weighted by atomic mass is 16.1. The van der Waals surface area contributed by atoms with Gasteiger partial charge in [0.1, 0.15) is 5.78 Å². The molecular formula is C19H26O2. The van der Waals surface area contributed by atoms with Gasteiger partial charge in [0, 0.05) is 18.3 Å². The second kappa shape index (κ2) is 4.30. The number of carbonyl (C=O) groups is 2. The molecule has 0 radical (unpaired) electrons. The molecule has 0 aromatic carbocycles. The number of hydrogen-bond donors (Lipinski definition) is 0. The first-order valence-electron chi connectivity index (χ1n) is 8.68. The van der Waals surface area contributed by atoms with Crippen molar-refractivity contribution < 1.29 is 9.59 Å². The van der Waals surface area contributed by atoms with Gasteiger partial charge in [0.15, 0.2) is 5.78 Å². The molecule has 0 aliphatic heterocycles. The molecule has 0 amide bonds. The lowest BCUT2D eigenvalue weighted by Gasteiger charge is -2.56. The molecular weight excluding hydrogens is 260 g/mol. The van der Waals surface area contributed by atoms with Crippen molar-refractivity contribution in [2.45, 2.75) is 58.8 Å². The first-order chi connectivity index (χ1) is 9.94. The van der Waals surface area contributed by atoms with Gasteiger partial charge in [-0.15, -0.1) is 0 Å². The molecule has 2 heteroatoms. The van der Waals surface area contributed by atoms with E-state index in [1.807, 2.05) is 6.08 Å². The largest absolute Gasteiger partial charge is 0.299 e. The Hall–Kier alpha value is -0.920. The lowest BCUT2D eigenvalue weighted by atomic mass is 9.48. The molecule has 4 rings (SSSR count). The zero-order valence-electron chi connectivity index (χ0n) is 13.2. The molecule has 4 aliphatic rings. The van der Waals surface area contributed by atoms with Crippen LogP contribution in [-0.4, -0.2) is 11.6 Å². The van der Waals surface area contributed by atoms with Gasteiger partial charge < -0.3 is 0 Å². The van der Waals surface area contributed by atoms with Crippen LogP contribution in [0.25, 0.3) is 0 Å². The number of carbonyl (C=O) groups excluding carboxylic acids is 2. The Morgan fingerprint density at radius 1 is 1.05 bits per heavy atom. The quantitative estimate of drug-likeness (QED) is 0.676. The zero-order chi connectivity index (χ0) is 14.8. The number of fused-ring (bicyclic) bond motifs is 5. The molecule has 0 unspecified atom stereocenters. The molecule has 0 N–H and O–H groups in total. The summed E-state index contributed by atoms with van der Waals surface area (Å²) in [4.78, 5) is 24.2. The van der Waals surface area contributed by atoms with Crippen molar-refractivity contribution in [2.75, 3.05) is 0 Å². The molecule has 3 fully saturated rings. The lowest BCUT2D eigenvalue weighted by Crippen LogP contribution is -2.51. The minimum absolute atomic E-state index is 0.0247. The normalized spacial score (nSPS) is 52.3. The van der Waals surface area contributed by atoms with E-state index in [9.17, 15) is 9.59 Å². The van der Waals surface area contributed by atoms with Crippen LogP contribution >= 0.6 is 0 Å². The van der Waals surface area contributed by atoms with Crippen LogP contribution in [0.1, 0.15) is 58.8 Å². The van der Waals surface area contributed by atoms with Gasteiger partial charge in [0.25, 0.3) is 0 Å². The average molecular weight is 286 g/mol. The van der Waals surface area contributed by atoms with Gasteiger partial charge in [-0.2, -0.15) is 0 Å². The predicted octanol–water partition coefficient (Wildman–Crippen LogP) is 3.94. The van der Waals surface area contributed by atoms with Gasteiger partial charge in [0.2, 0.25) is 0 Å². The van der Waals surface area contributed by atoms with Crippen LogP contribution in [0.4, 0.5) is 0 Å². The molecule has 3 saturated carbocycles. The zero-order valence-corrected chi connectivity index (χ0v) is 13.2. The van der Waals surface area contributed by atoms with Gasteiger partial charge in [-0.05, 0) is 67.3 Å². The van der Waals surface area contributed by atoms with Crippen LogP contribution in [0.15, 0.2) is 12.2 Å². The molecule has 114 valence electrons. The Morgan fingerprint density at radius 2 is 1.81 bits per heavy atom. The second-order valence-electron chi connectivity index (χ2n) is 8.57. The highest BCUT2D eigenvalue weighted by molar-refractivity contribution is 5.91. The molecule has 4 aliphatic carbocycles. The molecule has 0 saturated heterocycles. The molecule has 0 bridgehead atoms. The summed E-state index contributed by atoms with van der Waals surface area (Å²) in [6, 6.07) is 0. The van der Waals surface area contributed by atoms with Crippen LogP contribution in [0.5, 0.6) is 0 Å². The number of ketones is 2. The van der Waals surface area contributed by atoms with Crippen molar-refractivity contribution in [3.63, 3.8) is 0 Å². The Bertz CT molecular complexity index is 534. The van der Waals surface area contributed by atoms with E-state index in [4.69, 9.17) is 0 Å². The van der Waals surface area contributed by atoms with E-state index in [1.54, 1.807) is 0 Å². The number of hydrogen-bond acceptors (Lipinski definition) is 2. The second-order valence-corrected chi connectivity index (χ2v) is 8.57. The highest BCUT2D eigenvalue weighted by Crippen LogP contribution is 2.63. The third kappa shape index (κ3) is 1.77. The van der Waals surface area contributed by atoms with E-state index < -0.39 is 0 Å². The first-order valence-corrected chi connectivity index (χ1v) is 8.68. The minimum atomic E-state index is -0.0247. The van der Waals surface area contributed by atoms with Crippen molar-refractivity contribution in [2.24, 2.45) is 34.5 Å². The fourth-order valence-electron chi connectivity index (χ4n) is 6.38. The summed E-state index contributed by atoms with van der Waals surface area (Å²) in [5.74, 6) is 3.43. The summed E-state index contributed by atoms with van der Waals surface area (Å²) in [5, 5.41) is 0. The average Bonchev–Trinajstić information content (AvgIpc) is 2.73. The number of rotatable bonds is 0. The molecule has 6 atom stereocenters. The maximum atomic E-state index is 12.3. The fourth-order valence-corrected chi connectivity index (χ4v) is 6.38. The van der Waals surface area contributed by atoms with Crippen molar-refractivity contribution in [1.29, 1.82) is 0 Å². The van der Waals surface area contributed by atoms with Crippen LogP contribution in [0.2, 0.25) is 0 Å². The van der Waals surface area contributed by atoms with Crippen molar-refractivity contribution in [3.05, 3.63) is 12.2 Å². The van der Waals surface area contributed by atoms with Gasteiger partial charge in [-0.3, -0.25) is 9.59 Å². The minimum Gasteiger partial charge on any atom is -0.299 e. The van der Waals surface area contributed by atoms with Crippen LogP contribution < -0.4 is 0 Å². The van der Waals surface area contributed by atoms with E-state index in [1.165, 1.54) is 12.8 Å². The standard InChI is InChI=1S/C19H26O2/c1-18-9-7-14-13(15(18)4-3-12(20)11-18)8-10-19(2)16(14)5-6-17(19)21/h3-4,13-16H,5-11H2,1-2H3/t13-,14+,15+,16-,18+,19-/m0/s1. The molecule has 0 heterocycles. The Balaban J connectivity index is 1.67. The van der Waals surface area contributed by atoms with E-state index in [0.29, 0.717) is 35.2 Å². The van der Waals surface area contributed by atoms with Gasteiger partial charge in [-0.25, -0.2) is 0 Å². The van der Waals surface area contributed by atoms with Crippen LogP contribution in [0, 0.1) is 34.5 Å². The molecule has 0 aromatic heterocycles. The maximum absolute atomic E-state index is 12.3. The third-order valence-electron chi connectivity index (χ3n) is 7.58. The summed E-state index contributed by atoms with van der Waals surface area (Å²) in [7, 11) is 0. The topological polar surface area (TPSA) is 34.1 Å². The van der Waals surface area contributed by atoms with Crippen molar-refractivity contribution in [1.82, 2.24) is 0 Å². The van der Waals surface area contributed by atoms with Gasteiger partial charge in [0.05, 0.1) is 0 Å². The maximum Gasteiger partial charge on any atom is 0.155 e. The van der Waals surface area contributed by atoms with E-state index in [0.717, 1.165) is 32.1 Å².